The van der Waals surface area contributed by atoms with Crippen LogP contribution in [0.2, 0.25) is 0 Å². The van der Waals surface area contributed by atoms with Crippen molar-refractivity contribution in [2.45, 2.75) is 24.0 Å². The van der Waals surface area contributed by atoms with Crippen LogP contribution in [0.3, 0.4) is 0 Å². The van der Waals surface area contributed by atoms with E-state index in [1.54, 1.807) is 11.3 Å². The Morgan fingerprint density at radius 1 is 0.857 bits per heavy atom. The zero-order valence-corrected chi connectivity index (χ0v) is 26.0. The highest BCUT2D eigenvalue weighted by Crippen LogP contribution is 2.41. The summed E-state index contributed by atoms with van der Waals surface area (Å²) in [5, 5.41) is 2.82. The van der Waals surface area contributed by atoms with Crippen LogP contribution in [0.25, 0.3) is 32.2 Å². The molecule has 1 aromatic carbocycles. The number of thiophene rings is 2. The summed E-state index contributed by atoms with van der Waals surface area (Å²) in [4.78, 5) is 11.4. The Bertz CT molecular complexity index is 1770. The van der Waals surface area contributed by atoms with Gasteiger partial charge >= 0.3 is 0 Å². The fraction of sp³-hybridized carbons (Fsp3) is 0.114. The van der Waals surface area contributed by atoms with Gasteiger partial charge in [0.1, 0.15) is 9.04 Å². The Balaban J connectivity index is 0.000000491. The summed E-state index contributed by atoms with van der Waals surface area (Å²) in [5.74, 6) is 1.31. The second kappa shape index (κ2) is 21.0. The number of hydrogen-bond acceptors (Lipinski definition) is 6. The topological polar surface area (TPSA) is 68.9 Å². The number of rotatable bonds is 6. The molecule has 2 N–H and O–H groups in total. The number of unbranched alkanes of at least 4 members (excludes halogenated alkanes) is 1. The molecule has 0 amide bonds. The van der Waals surface area contributed by atoms with Crippen molar-refractivity contribution >= 4 is 49.4 Å². The first kappa shape index (κ1) is 35.2. The van der Waals surface area contributed by atoms with E-state index in [0.717, 1.165) is 39.2 Å². The second-order valence-electron chi connectivity index (χ2n) is 7.46. The van der Waals surface area contributed by atoms with Gasteiger partial charge in [-0.15, -0.1) is 35.8 Å². The molecule has 0 aliphatic heterocycles. The van der Waals surface area contributed by atoms with Gasteiger partial charge in [0.25, 0.3) is 0 Å². The minimum absolute atomic E-state index is 0.556. The summed E-state index contributed by atoms with van der Waals surface area (Å²) in [5.41, 5.74) is 30.4. The molecule has 42 heavy (non-hydrogen) atoms. The van der Waals surface area contributed by atoms with Crippen LogP contribution in [0.5, 0.6) is 0 Å². The van der Waals surface area contributed by atoms with Crippen LogP contribution in [0.4, 0.5) is 5.69 Å². The third-order valence-corrected chi connectivity index (χ3v) is 8.63. The van der Waals surface area contributed by atoms with Crippen LogP contribution in [0.15, 0.2) is 143 Å². The van der Waals surface area contributed by atoms with Gasteiger partial charge < -0.3 is 5.73 Å². The van der Waals surface area contributed by atoms with Crippen LogP contribution < -0.4 is 5.73 Å². The molecule has 0 radical (unpaired) electrons. The molecule has 4 aromatic rings. The summed E-state index contributed by atoms with van der Waals surface area (Å²) in [6, 6.07) is 14.0. The molecule has 7 heteroatoms. The van der Waals surface area contributed by atoms with Crippen molar-refractivity contribution in [2.24, 2.45) is 0 Å². The highest BCUT2D eigenvalue weighted by atomic mass is 32.2. The van der Waals surface area contributed by atoms with Gasteiger partial charge in [0.2, 0.25) is 0 Å². The first-order valence-corrected chi connectivity index (χ1v) is 15.4. The van der Waals surface area contributed by atoms with E-state index >= 15 is 0 Å². The maximum atomic E-state index is 12.8. The van der Waals surface area contributed by atoms with E-state index in [0.29, 0.717) is 21.5 Å². The Kier molecular flexibility index (Phi) is 17.6. The normalized spacial score (nSPS) is 9.17. The summed E-state index contributed by atoms with van der Waals surface area (Å²) >= 11 is 3.04. The Labute approximate surface area is 258 Å². The van der Waals surface area contributed by atoms with Crippen LogP contribution >= 0.6 is 22.7 Å². The number of fused-ring (bicyclic) bond motifs is 1. The molecule has 0 saturated carbocycles. The van der Waals surface area contributed by atoms with Gasteiger partial charge in [-0.3, -0.25) is 4.21 Å². The number of aromatic nitrogens is 2. The minimum Gasteiger partial charge on any atom is -0.396 e. The number of hydrogen-bond donors (Lipinski definition) is 1. The summed E-state index contributed by atoms with van der Waals surface area (Å²) in [6.07, 6.45) is 1.92. The lowest BCUT2D eigenvalue weighted by Crippen LogP contribution is -1.99. The molecule has 0 bridgehead atoms. The van der Waals surface area contributed by atoms with E-state index in [4.69, 9.17) is 15.7 Å². The lowest BCUT2D eigenvalue weighted by molar-refractivity contribution is 0.681. The number of benzene rings is 1. The lowest BCUT2D eigenvalue weighted by atomic mass is 10.1. The number of nitrogen functional groups attached to an aromatic ring is 1. The third kappa shape index (κ3) is 11.0. The molecule has 0 fully saturated rings. The highest BCUT2D eigenvalue weighted by Gasteiger charge is 2.21. The maximum Gasteiger partial charge on any atom is 0.171 e. The van der Waals surface area contributed by atoms with Crippen molar-refractivity contribution in [3.63, 3.8) is 0 Å². The molecule has 0 aliphatic carbocycles. The fourth-order valence-corrected chi connectivity index (χ4v) is 6.50. The van der Waals surface area contributed by atoms with Crippen LogP contribution in [0.1, 0.15) is 19.8 Å². The van der Waals surface area contributed by atoms with E-state index in [-0.39, 0.29) is 0 Å². The molecule has 4 rings (SSSR count). The van der Waals surface area contributed by atoms with E-state index in [2.05, 4.69) is 98.0 Å². The molecular weight excluding hydrogens is 575 g/mol. The predicted molar refractivity (Wildman–Crippen MR) is 182 cm³/mol. The molecule has 0 spiro atoms. The molecule has 1 atom stereocenters. The maximum absolute atomic E-state index is 12.8. The van der Waals surface area contributed by atoms with Gasteiger partial charge in [-0.25, -0.2) is 9.97 Å². The van der Waals surface area contributed by atoms with Gasteiger partial charge in [-0.05, 0) is 72.8 Å². The van der Waals surface area contributed by atoms with Crippen molar-refractivity contribution in [3.8, 4) is 22.0 Å². The van der Waals surface area contributed by atoms with Gasteiger partial charge in [0, 0.05) is 11.3 Å². The monoisotopic (exact) mass is 605 g/mol. The smallest absolute Gasteiger partial charge is 0.171 e. The molecular formula is C35H31N3OS3. The second-order valence-corrected chi connectivity index (χ2v) is 11.2. The first-order valence-electron chi connectivity index (χ1n) is 12.4. The fourth-order valence-electron chi connectivity index (χ4n) is 3.07. The lowest BCUT2D eigenvalue weighted by Gasteiger charge is -2.06. The van der Waals surface area contributed by atoms with Crippen LogP contribution in [0, 0.1) is 0 Å². The molecule has 3 aromatic heterocycles. The van der Waals surface area contributed by atoms with Crippen molar-refractivity contribution in [1.29, 1.82) is 0 Å². The molecule has 210 valence electrons. The van der Waals surface area contributed by atoms with Gasteiger partial charge in [-0.1, -0.05) is 72.7 Å². The van der Waals surface area contributed by atoms with E-state index in [9.17, 15) is 4.21 Å². The predicted octanol–water partition coefficient (Wildman–Crippen LogP) is 9.38. The zero-order chi connectivity index (χ0) is 31.2. The van der Waals surface area contributed by atoms with Crippen molar-refractivity contribution in [2.75, 3.05) is 11.5 Å². The average molecular weight is 606 g/mol. The number of nitrogens with two attached hydrogens (primary N) is 1. The summed E-state index contributed by atoms with van der Waals surface area (Å²) in [6.45, 7) is 21.0. The number of nitrogens with zero attached hydrogens (tertiary/aromatic N) is 2. The first-order chi connectivity index (χ1) is 20.5. The molecule has 0 aliphatic rings. The summed E-state index contributed by atoms with van der Waals surface area (Å²) < 4.78 is 13.5. The zero-order valence-electron chi connectivity index (χ0n) is 23.6. The van der Waals surface area contributed by atoms with Crippen LogP contribution in [-0.4, -0.2) is 19.9 Å². The van der Waals surface area contributed by atoms with E-state index in [1.165, 1.54) is 11.3 Å². The molecule has 3 heterocycles. The van der Waals surface area contributed by atoms with Gasteiger partial charge in [0.05, 0.1) is 32.4 Å². The average Bonchev–Trinajstić information content (AvgIpc) is 3.69. The van der Waals surface area contributed by atoms with Crippen molar-refractivity contribution < 1.29 is 4.21 Å². The van der Waals surface area contributed by atoms with Crippen molar-refractivity contribution in [1.82, 2.24) is 9.97 Å². The Morgan fingerprint density at radius 2 is 1.48 bits per heavy atom. The standard InChI is InChI=1S/C20H19N3OS3.C8H4.C5H4.C2H4/c1-2-3-12-27(24)20-16(21)15-17(13-8-5-4-6-9-13)22-18(23-19(15)26-20)14-10-7-11-25-14;1-3-5-7-8-6-4-2;1-3-5-4-2;1-2/h4-11H,2-3,12,21H2,1H3;1-2H2;1-2H2;1-2H2. The Morgan fingerprint density at radius 3 is 1.98 bits per heavy atom. The number of anilines is 1. The van der Waals surface area contributed by atoms with E-state index < -0.39 is 10.8 Å². The molecule has 4 nitrogen and oxygen atoms in total. The van der Waals surface area contributed by atoms with Gasteiger partial charge in [0.15, 0.2) is 5.82 Å². The van der Waals surface area contributed by atoms with Crippen molar-refractivity contribution in [3.05, 3.63) is 139 Å². The largest absolute Gasteiger partial charge is 0.396 e. The minimum atomic E-state index is -1.11. The van der Waals surface area contributed by atoms with E-state index in [1.807, 2.05) is 47.8 Å². The third-order valence-electron chi connectivity index (χ3n) is 4.77. The molecule has 0 saturated heterocycles. The Hall–Kier alpha value is -4.85. The van der Waals surface area contributed by atoms with Crippen LogP contribution in [-0.2, 0) is 10.8 Å². The summed E-state index contributed by atoms with van der Waals surface area (Å²) in [7, 11) is -1.11. The SMILES string of the molecule is C=C.C=C=C=C=C.C=C=C=C=C=C=C=C.CCCCS(=O)c1sc2nc(-c3cccs3)nc(-c3ccccc3)c2c1N. The highest BCUT2D eigenvalue weighted by molar-refractivity contribution is 7.87. The van der Waals surface area contributed by atoms with Gasteiger partial charge in [-0.2, -0.15) is 0 Å². The quantitative estimate of drug-likeness (QED) is 0.176. The molecule has 1 unspecified atom stereocenters.